The van der Waals surface area contributed by atoms with Gasteiger partial charge in [-0.1, -0.05) is 0 Å². The van der Waals surface area contributed by atoms with Gasteiger partial charge in [0.1, 0.15) is 0 Å². The molecule has 13 heavy (non-hydrogen) atoms. The minimum atomic E-state index is -0.790. The van der Waals surface area contributed by atoms with Crippen LogP contribution in [0, 0.1) is 0 Å². The molecule has 0 aliphatic carbocycles. The van der Waals surface area contributed by atoms with Crippen LogP contribution in [0.25, 0.3) is 0 Å². The fourth-order valence-corrected chi connectivity index (χ4v) is 2.22. The molecule has 0 saturated carbocycles. The molecule has 5 nitrogen and oxygen atoms in total. The molecule has 2 aliphatic rings. The van der Waals surface area contributed by atoms with Crippen molar-refractivity contribution in [3.63, 3.8) is 0 Å². The molecule has 0 aromatic carbocycles. The van der Waals surface area contributed by atoms with Crippen LogP contribution in [0.15, 0.2) is 0 Å². The van der Waals surface area contributed by atoms with E-state index in [-0.39, 0.29) is 6.04 Å². The van der Waals surface area contributed by atoms with E-state index in [0.717, 1.165) is 0 Å². The van der Waals surface area contributed by atoms with Gasteiger partial charge in [-0.2, -0.15) is 0 Å². The Morgan fingerprint density at radius 2 is 1.46 bits per heavy atom. The summed E-state index contributed by atoms with van der Waals surface area (Å²) in [5, 5.41) is 37.6. The molecule has 0 aromatic heterocycles. The van der Waals surface area contributed by atoms with Gasteiger partial charge in [0.2, 0.25) is 0 Å². The SMILES string of the molecule is O[C@H]1[C@@H](O)CN2C[C@H](O)[C@@H](O)C[C@@H]12. The fourth-order valence-electron chi connectivity index (χ4n) is 2.22. The Hall–Kier alpha value is -0.200. The molecule has 5 atom stereocenters. The van der Waals surface area contributed by atoms with E-state index < -0.39 is 24.4 Å². The molecular formula is C8H15NO4. The van der Waals surface area contributed by atoms with E-state index in [1.807, 2.05) is 4.90 Å². The van der Waals surface area contributed by atoms with Crippen LogP contribution in [0.5, 0.6) is 0 Å². The normalized spacial score (nSPS) is 52.2. The highest BCUT2D eigenvalue weighted by atomic mass is 16.3. The largest absolute Gasteiger partial charge is 0.390 e. The number of nitrogens with zero attached hydrogens (tertiary/aromatic N) is 1. The summed E-state index contributed by atoms with van der Waals surface area (Å²) in [5.74, 6) is 0. The van der Waals surface area contributed by atoms with Gasteiger partial charge in [-0.05, 0) is 6.42 Å². The van der Waals surface area contributed by atoms with Gasteiger partial charge in [-0.3, -0.25) is 4.90 Å². The lowest BCUT2D eigenvalue weighted by Crippen LogP contribution is -2.51. The second-order valence-corrected chi connectivity index (χ2v) is 3.95. The number of hydrogen-bond acceptors (Lipinski definition) is 5. The summed E-state index contributed by atoms with van der Waals surface area (Å²) in [5.41, 5.74) is 0. The minimum Gasteiger partial charge on any atom is -0.390 e. The maximum absolute atomic E-state index is 9.51. The first kappa shape index (κ1) is 9.36. The van der Waals surface area contributed by atoms with Gasteiger partial charge >= 0.3 is 0 Å². The van der Waals surface area contributed by atoms with Crippen LogP contribution in [0.4, 0.5) is 0 Å². The first-order chi connectivity index (χ1) is 6.09. The van der Waals surface area contributed by atoms with Gasteiger partial charge in [0.05, 0.1) is 24.4 Å². The van der Waals surface area contributed by atoms with E-state index in [2.05, 4.69) is 0 Å². The molecule has 2 rings (SSSR count). The monoisotopic (exact) mass is 189 g/mol. The first-order valence-corrected chi connectivity index (χ1v) is 4.56. The zero-order valence-electron chi connectivity index (χ0n) is 7.24. The van der Waals surface area contributed by atoms with E-state index in [4.69, 9.17) is 0 Å². The molecule has 0 bridgehead atoms. The Balaban J connectivity index is 2.08. The molecule has 4 N–H and O–H groups in total. The standard InChI is InChI=1S/C8H15NO4/c10-5-1-4-8(13)7(12)3-9(4)2-6(5)11/h4-8,10-13H,1-3H2/t4-,5-,6-,7-,8+/m0/s1. The third kappa shape index (κ3) is 1.47. The number of aliphatic hydroxyl groups is 4. The lowest BCUT2D eigenvalue weighted by atomic mass is 9.96. The van der Waals surface area contributed by atoms with Crippen molar-refractivity contribution in [2.24, 2.45) is 0 Å². The van der Waals surface area contributed by atoms with Crippen molar-refractivity contribution in [2.45, 2.75) is 36.9 Å². The lowest BCUT2D eigenvalue weighted by molar-refractivity contribution is -0.0661. The molecule has 2 heterocycles. The van der Waals surface area contributed by atoms with E-state index in [1.54, 1.807) is 0 Å². The van der Waals surface area contributed by atoms with Crippen LogP contribution in [0.2, 0.25) is 0 Å². The van der Waals surface area contributed by atoms with Crippen LogP contribution in [-0.4, -0.2) is 68.9 Å². The van der Waals surface area contributed by atoms with Gasteiger partial charge in [0.25, 0.3) is 0 Å². The van der Waals surface area contributed by atoms with Crippen LogP contribution in [-0.2, 0) is 0 Å². The van der Waals surface area contributed by atoms with E-state index >= 15 is 0 Å². The molecule has 0 amide bonds. The third-order valence-corrected chi connectivity index (χ3v) is 3.03. The zero-order chi connectivity index (χ0) is 9.59. The summed E-state index contributed by atoms with van der Waals surface area (Å²) >= 11 is 0. The quantitative estimate of drug-likeness (QED) is 0.339. The summed E-state index contributed by atoms with van der Waals surface area (Å²) < 4.78 is 0. The molecule has 0 radical (unpaired) electrons. The summed E-state index contributed by atoms with van der Waals surface area (Å²) in [7, 11) is 0. The Morgan fingerprint density at radius 3 is 2.15 bits per heavy atom. The number of rotatable bonds is 0. The predicted molar refractivity (Wildman–Crippen MR) is 44.0 cm³/mol. The number of hydrogen-bond donors (Lipinski definition) is 4. The average molecular weight is 189 g/mol. The molecule has 0 unspecified atom stereocenters. The summed E-state index contributed by atoms with van der Waals surface area (Å²) in [6.07, 6.45) is -2.74. The number of aliphatic hydroxyl groups excluding tert-OH is 4. The second-order valence-electron chi connectivity index (χ2n) is 3.95. The van der Waals surface area contributed by atoms with Gasteiger partial charge in [-0.15, -0.1) is 0 Å². The third-order valence-electron chi connectivity index (χ3n) is 3.03. The molecule has 2 fully saturated rings. The molecular weight excluding hydrogens is 174 g/mol. The summed E-state index contributed by atoms with van der Waals surface area (Å²) in [4.78, 5) is 1.83. The van der Waals surface area contributed by atoms with E-state index in [9.17, 15) is 20.4 Å². The summed E-state index contributed by atoms with van der Waals surface area (Å²) in [6.45, 7) is 0.718. The number of fused-ring (bicyclic) bond motifs is 1. The zero-order valence-corrected chi connectivity index (χ0v) is 7.24. The van der Waals surface area contributed by atoms with Gasteiger partial charge in [0.15, 0.2) is 0 Å². The average Bonchev–Trinajstić information content (AvgIpc) is 2.32. The second kappa shape index (κ2) is 3.18. The highest BCUT2D eigenvalue weighted by Crippen LogP contribution is 2.27. The van der Waals surface area contributed by atoms with Crippen LogP contribution >= 0.6 is 0 Å². The molecule has 76 valence electrons. The molecule has 2 aliphatic heterocycles. The summed E-state index contributed by atoms with van der Waals surface area (Å²) in [6, 6.07) is -0.201. The molecule has 0 aromatic rings. The number of piperidine rings is 1. The Labute approximate surface area is 76.2 Å². The van der Waals surface area contributed by atoms with Crippen LogP contribution < -0.4 is 0 Å². The van der Waals surface area contributed by atoms with Crippen molar-refractivity contribution in [1.82, 2.24) is 4.90 Å². The predicted octanol–water partition coefficient (Wildman–Crippen LogP) is -2.48. The van der Waals surface area contributed by atoms with Crippen molar-refractivity contribution >= 4 is 0 Å². The fraction of sp³-hybridized carbons (Fsp3) is 1.00. The Morgan fingerprint density at radius 1 is 0.846 bits per heavy atom. The molecule has 0 spiro atoms. The maximum atomic E-state index is 9.51. The molecule has 2 saturated heterocycles. The van der Waals surface area contributed by atoms with Crippen molar-refractivity contribution in [3.05, 3.63) is 0 Å². The molecule has 5 heteroatoms. The Bertz CT molecular complexity index is 201. The van der Waals surface area contributed by atoms with Crippen molar-refractivity contribution in [2.75, 3.05) is 13.1 Å². The van der Waals surface area contributed by atoms with E-state index in [1.165, 1.54) is 0 Å². The van der Waals surface area contributed by atoms with Crippen molar-refractivity contribution in [1.29, 1.82) is 0 Å². The van der Waals surface area contributed by atoms with Crippen molar-refractivity contribution < 1.29 is 20.4 Å². The van der Waals surface area contributed by atoms with Crippen molar-refractivity contribution in [3.8, 4) is 0 Å². The van der Waals surface area contributed by atoms with Crippen LogP contribution in [0.1, 0.15) is 6.42 Å². The van der Waals surface area contributed by atoms with Gasteiger partial charge in [0, 0.05) is 19.1 Å². The highest BCUT2D eigenvalue weighted by Gasteiger charge is 2.45. The van der Waals surface area contributed by atoms with E-state index in [0.29, 0.717) is 19.5 Å². The van der Waals surface area contributed by atoms with Gasteiger partial charge in [-0.25, -0.2) is 0 Å². The van der Waals surface area contributed by atoms with Gasteiger partial charge < -0.3 is 20.4 Å². The highest BCUT2D eigenvalue weighted by molar-refractivity contribution is 4.99. The lowest BCUT2D eigenvalue weighted by Gasteiger charge is -2.36. The Kier molecular flexibility index (Phi) is 2.29. The smallest absolute Gasteiger partial charge is 0.0967 e. The van der Waals surface area contributed by atoms with Crippen LogP contribution in [0.3, 0.4) is 0 Å². The minimum absolute atomic E-state index is 0.201. The first-order valence-electron chi connectivity index (χ1n) is 4.56. The maximum Gasteiger partial charge on any atom is 0.0967 e. The topological polar surface area (TPSA) is 84.2 Å².